The van der Waals surface area contributed by atoms with Crippen LogP contribution in [0.3, 0.4) is 0 Å². The van der Waals surface area contributed by atoms with Crippen molar-refractivity contribution in [2.24, 2.45) is 0 Å². The molecule has 0 saturated heterocycles. The fourth-order valence-corrected chi connectivity index (χ4v) is 2.41. The second-order valence-electron chi connectivity index (χ2n) is 5.11. The Morgan fingerprint density at radius 2 is 2.00 bits per heavy atom. The molecule has 0 radical (unpaired) electrons. The summed E-state index contributed by atoms with van der Waals surface area (Å²) in [5.74, 6) is 1.92. The molecule has 1 aromatic carbocycles. The maximum Gasteiger partial charge on any atom is 0.166 e. The normalized spacial score (nSPS) is 21.4. The van der Waals surface area contributed by atoms with Gasteiger partial charge in [-0.25, -0.2) is 0 Å². The van der Waals surface area contributed by atoms with Crippen LogP contribution in [0.25, 0.3) is 0 Å². The van der Waals surface area contributed by atoms with Crippen LogP contribution in [0.2, 0.25) is 0 Å². The minimum absolute atomic E-state index is 0.0967. The van der Waals surface area contributed by atoms with Crippen molar-refractivity contribution in [1.82, 2.24) is 5.32 Å². The second-order valence-corrected chi connectivity index (χ2v) is 5.11. The van der Waals surface area contributed by atoms with Crippen molar-refractivity contribution >= 4 is 0 Å². The molecule has 16 heavy (non-hydrogen) atoms. The maximum atomic E-state index is 6.00. The minimum Gasteiger partial charge on any atom is -0.488 e. The van der Waals surface area contributed by atoms with E-state index in [1.807, 2.05) is 0 Å². The topological polar surface area (TPSA) is 30.5 Å². The van der Waals surface area contributed by atoms with Gasteiger partial charge in [0.15, 0.2) is 11.5 Å². The Balaban J connectivity index is 2.07. The van der Waals surface area contributed by atoms with Gasteiger partial charge < -0.3 is 14.8 Å². The van der Waals surface area contributed by atoms with E-state index in [1.54, 1.807) is 0 Å². The average Bonchev–Trinajstić information content (AvgIpc) is 2.44. The molecule has 0 aliphatic carbocycles. The summed E-state index contributed by atoms with van der Waals surface area (Å²) in [7, 11) is 0. The summed E-state index contributed by atoms with van der Waals surface area (Å²) in [5.41, 5.74) is 2.38. The van der Waals surface area contributed by atoms with Crippen molar-refractivity contribution in [1.29, 1.82) is 0 Å². The van der Waals surface area contributed by atoms with Crippen LogP contribution in [0.4, 0.5) is 0 Å². The molecule has 0 bridgehead atoms. The number of hydrogen-bond donors (Lipinski definition) is 1. The van der Waals surface area contributed by atoms with Gasteiger partial charge in [-0.05, 0) is 13.8 Å². The number of ether oxygens (including phenoxy) is 2. The van der Waals surface area contributed by atoms with E-state index in [4.69, 9.17) is 9.47 Å². The SMILES string of the molecule is CC1(C)Cc2ccc3c(c2O1)OCCNC3. The van der Waals surface area contributed by atoms with Gasteiger partial charge in [0, 0.05) is 30.6 Å². The Morgan fingerprint density at radius 1 is 1.19 bits per heavy atom. The molecule has 1 N–H and O–H groups in total. The van der Waals surface area contributed by atoms with Gasteiger partial charge in [-0.2, -0.15) is 0 Å². The lowest BCUT2D eigenvalue weighted by Gasteiger charge is -2.18. The molecule has 2 aliphatic heterocycles. The van der Waals surface area contributed by atoms with Crippen molar-refractivity contribution in [2.45, 2.75) is 32.4 Å². The summed E-state index contributed by atoms with van der Waals surface area (Å²) in [5, 5.41) is 3.33. The van der Waals surface area contributed by atoms with E-state index in [0.717, 1.165) is 31.0 Å². The lowest BCUT2D eigenvalue weighted by atomic mass is 10.0. The Hall–Kier alpha value is -1.22. The molecule has 0 saturated carbocycles. The molecule has 3 rings (SSSR count). The lowest BCUT2D eigenvalue weighted by molar-refractivity contribution is 0.132. The highest BCUT2D eigenvalue weighted by Crippen LogP contribution is 2.44. The van der Waals surface area contributed by atoms with E-state index >= 15 is 0 Å². The first kappa shape index (κ1) is 9.97. The summed E-state index contributed by atoms with van der Waals surface area (Å²) in [6, 6.07) is 4.32. The fourth-order valence-electron chi connectivity index (χ4n) is 2.41. The van der Waals surface area contributed by atoms with Gasteiger partial charge in [-0.15, -0.1) is 0 Å². The van der Waals surface area contributed by atoms with Gasteiger partial charge in [-0.1, -0.05) is 12.1 Å². The van der Waals surface area contributed by atoms with Gasteiger partial charge in [0.05, 0.1) is 0 Å². The smallest absolute Gasteiger partial charge is 0.166 e. The predicted octanol–water partition coefficient (Wildman–Crippen LogP) is 1.88. The Morgan fingerprint density at radius 3 is 2.88 bits per heavy atom. The quantitative estimate of drug-likeness (QED) is 0.722. The average molecular weight is 219 g/mol. The van der Waals surface area contributed by atoms with Crippen molar-refractivity contribution in [3.63, 3.8) is 0 Å². The van der Waals surface area contributed by atoms with Gasteiger partial charge in [0.1, 0.15) is 12.2 Å². The summed E-state index contributed by atoms with van der Waals surface area (Å²) in [6.07, 6.45) is 0.965. The monoisotopic (exact) mass is 219 g/mol. The number of rotatable bonds is 0. The van der Waals surface area contributed by atoms with E-state index in [0.29, 0.717) is 6.61 Å². The van der Waals surface area contributed by atoms with Gasteiger partial charge in [0.2, 0.25) is 0 Å². The number of hydrogen-bond acceptors (Lipinski definition) is 3. The molecule has 2 aliphatic rings. The van der Waals surface area contributed by atoms with Crippen molar-refractivity contribution in [3.8, 4) is 11.5 Å². The first-order valence-electron chi connectivity index (χ1n) is 5.83. The molecule has 1 aromatic rings. The van der Waals surface area contributed by atoms with Crippen LogP contribution in [0.5, 0.6) is 11.5 Å². The van der Waals surface area contributed by atoms with Crippen LogP contribution in [0, 0.1) is 0 Å². The van der Waals surface area contributed by atoms with Crippen molar-refractivity contribution in [3.05, 3.63) is 23.3 Å². The molecule has 86 valence electrons. The molecule has 2 heterocycles. The molecular formula is C13H17NO2. The molecule has 0 amide bonds. The Bertz CT molecular complexity index is 426. The molecule has 0 unspecified atom stereocenters. The summed E-state index contributed by atoms with van der Waals surface area (Å²) >= 11 is 0. The highest BCUT2D eigenvalue weighted by molar-refractivity contribution is 5.55. The number of benzene rings is 1. The van der Waals surface area contributed by atoms with E-state index in [1.165, 1.54) is 11.1 Å². The van der Waals surface area contributed by atoms with Gasteiger partial charge >= 0.3 is 0 Å². The third kappa shape index (κ3) is 1.55. The lowest BCUT2D eigenvalue weighted by Crippen LogP contribution is -2.24. The summed E-state index contributed by atoms with van der Waals surface area (Å²) < 4.78 is 11.8. The standard InChI is InChI=1S/C13H17NO2/c1-13(2)7-9-3-4-10-8-14-5-6-15-11(10)12(9)16-13/h3-4,14H,5-8H2,1-2H3. The minimum atomic E-state index is -0.0967. The molecule has 3 nitrogen and oxygen atoms in total. The van der Waals surface area contributed by atoms with Crippen molar-refractivity contribution in [2.75, 3.05) is 13.2 Å². The molecular weight excluding hydrogens is 202 g/mol. The predicted molar refractivity (Wildman–Crippen MR) is 62.1 cm³/mol. The van der Waals surface area contributed by atoms with Crippen LogP contribution >= 0.6 is 0 Å². The molecule has 0 spiro atoms. The zero-order valence-electron chi connectivity index (χ0n) is 9.80. The zero-order valence-corrected chi connectivity index (χ0v) is 9.80. The van der Waals surface area contributed by atoms with E-state index < -0.39 is 0 Å². The largest absolute Gasteiger partial charge is 0.488 e. The fraction of sp³-hybridized carbons (Fsp3) is 0.538. The van der Waals surface area contributed by atoms with Crippen LogP contribution in [0.1, 0.15) is 25.0 Å². The third-order valence-corrected chi connectivity index (χ3v) is 3.11. The van der Waals surface area contributed by atoms with E-state index in [9.17, 15) is 0 Å². The maximum absolute atomic E-state index is 6.00. The van der Waals surface area contributed by atoms with Gasteiger partial charge in [-0.3, -0.25) is 0 Å². The second kappa shape index (κ2) is 3.39. The summed E-state index contributed by atoms with van der Waals surface area (Å²) in [4.78, 5) is 0. The first-order chi connectivity index (χ1) is 7.66. The highest BCUT2D eigenvalue weighted by Gasteiger charge is 2.33. The molecule has 0 fully saturated rings. The highest BCUT2D eigenvalue weighted by atomic mass is 16.5. The molecule has 3 heteroatoms. The van der Waals surface area contributed by atoms with Gasteiger partial charge in [0.25, 0.3) is 0 Å². The molecule has 0 aromatic heterocycles. The zero-order chi connectivity index (χ0) is 11.2. The first-order valence-corrected chi connectivity index (χ1v) is 5.83. The third-order valence-electron chi connectivity index (χ3n) is 3.11. The van der Waals surface area contributed by atoms with Crippen LogP contribution in [0.15, 0.2) is 12.1 Å². The Kier molecular flexibility index (Phi) is 2.11. The van der Waals surface area contributed by atoms with Crippen LogP contribution in [-0.4, -0.2) is 18.8 Å². The van der Waals surface area contributed by atoms with Crippen LogP contribution in [-0.2, 0) is 13.0 Å². The number of fused-ring (bicyclic) bond motifs is 3. The van der Waals surface area contributed by atoms with Crippen molar-refractivity contribution < 1.29 is 9.47 Å². The van der Waals surface area contributed by atoms with Crippen LogP contribution < -0.4 is 14.8 Å². The number of nitrogens with one attached hydrogen (secondary N) is 1. The summed E-state index contributed by atoms with van der Waals surface area (Å²) in [6.45, 7) is 6.72. The van der Waals surface area contributed by atoms with E-state index in [-0.39, 0.29) is 5.60 Å². The Labute approximate surface area is 95.8 Å². The molecule has 0 atom stereocenters. The van der Waals surface area contributed by atoms with E-state index in [2.05, 4.69) is 31.3 Å².